The Morgan fingerprint density at radius 2 is 2.00 bits per heavy atom. The van der Waals surface area contributed by atoms with Gasteiger partial charge in [-0.3, -0.25) is 4.18 Å². The molecule has 1 aliphatic carbocycles. The van der Waals surface area contributed by atoms with Gasteiger partial charge in [-0.25, -0.2) is 0 Å². The van der Waals surface area contributed by atoms with Crippen LogP contribution in [0.4, 0.5) is 0 Å². The lowest BCUT2D eigenvalue weighted by Gasteiger charge is -2.22. The van der Waals surface area contributed by atoms with Crippen molar-refractivity contribution in [2.24, 2.45) is 0 Å². The van der Waals surface area contributed by atoms with E-state index in [1.165, 1.54) is 16.7 Å². The molecule has 1 aromatic carbocycles. The molecule has 1 aromatic rings. The molecule has 0 heterocycles. The van der Waals surface area contributed by atoms with Gasteiger partial charge < -0.3 is 0 Å². The third kappa shape index (κ3) is 3.43. The van der Waals surface area contributed by atoms with Gasteiger partial charge in [0.15, 0.2) is 0 Å². The molecule has 2 rings (SSSR count). The van der Waals surface area contributed by atoms with E-state index in [1.54, 1.807) is 0 Å². The molecule has 0 aliphatic heterocycles. The van der Waals surface area contributed by atoms with Gasteiger partial charge >= 0.3 is 0 Å². The van der Waals surface area contributed by atoms with E-state index in [0.717, 1.165) is 19.1 Å². The maximum absolute atomic E-state index is 11.1. The second-order valence-corrected chi connectivity index (χ2v) is 6.34. The fourth-order valence-electron chi connectivity index (χ4n) is 2.32. The average molecular weight is 266 g/mol. The first kappa shape index (κ1) is 13.3. The molecule has 0 unspecified atom stereocenters. The van der Waals surface area contributed by atoms with Crippen LogP contribution in [-0.4, -0.2) is 20.8 Å². The van der Waals surface area contributed by atoms with Crippen molar-refractivity contribution >= 4 is 15.7 Å². The van der Waals surface area contributed by atoms with Crippen molar-refractivity contribution in [3.63, 3.8) is 0 Å². The second kappa shape index (κ2) is 5.24. The molecule has 98 valence electrons. The van der Waals surface area contributed by atoms with Crippen LogP contribution in [0.1, 0.15) is 30.4 Å². The van der Waals surface area contributed by atoms with Gasteiger partial charge in [0.05, 0.1) is 12.4 Å². The first-order valence-corrected chi connectivity index (χ1v) is 7.90. The van der Waals surface area contributed by atoms with Crippen molar-refractivity contribution in [1.82, 2.24) is 0 Å². The van der Waals surface area contributed by atoms with Gasteiger partial charge in [-0.1, -0.05) is 30.3 Å². The van der Waals surface area contributed by atoms with E-state index in [0.29, 0.717) is 6.42 Å². The Morgan fingerprint density at radius 3 is 2.56 bits per heavy atom. The topological polar surface area (TPSA) is 43.4 Å². The summed E-state index contributed by atoms with van der Waals surface area (Å²) in [6.45, 7) is 2.09. The summed E-state index contributed by atoms with van der Waals surface area (Å²) >= 11 is 0. The minimum absolute atomic E-state index is 0.201. The number of hydrogen-bond acceptors (Lipinski definition) is 3. The van der Waals surface area contributed by atoms with Crippen LogP contribution >= 0.6 is 0 Å². The summed E-state index contributed by atoms with van der Waals surface area (Å²) < 4.78 is 27.1. The van der Waals surface area contributed by atoms with Crippen LogP contribution in [0.5, 0.6) is 0 Å². The molecule has 0 saturated heterocycles. The van der Waals surface area contributed by atoms with E-state index in [2.05, 4.69) is 25.1 Å². The molecule has 0 bridgehead atoms. The summed E-state index contributed by atoms with van der Waals surface area (Å²) in [5.74, 6) is 0. The van der Waals surface area contributed by atoms with Crippen molar-refractivity contribution in [2.45, 2.75) is 32.3 Å². The van der Waals surface area contributed by atoms with Gasteiger partial charge in [0, 0.05) is 0 Å². The Hall–Kier alpha value is -1.13. The molecule has 18 heavy (non-hydrogen) atoms. The number of allylic oxidation sites excluding steroid dienone is 1. The lowest BCUT2D eigenvalue weighted by atomic mass is 9.90. The summed E-state index contributed by atoms with van der Waals surface area (Å²) in [6, 6.07) is 8.26. The molecule has 0 N–H and O–H groups in total. The number of benzene rings is 1. The van der Waals surface area contributed by atoms with Crippen LogP contribution in [0.25, 0.3) is 5.57 Å². The zero-order valence-electron chi connectivity index (χ0n) is 10.7. The molecule has 0 fully saturated rings. The Balaban J connectivity index is 2.10. The summed E-state index contributed by atoms with van der Waals surface area (Å²) in [7, 11) is -3.34. The van der Waals surface area contributed by atoms with E-state index in [-0.39, 0.29) is 6.10 Å². The Labute approximate surface area is 109 Å². The predicted octanol–water partition coefficient (Wildman–Crippen LogP) is 2.91. The van der Waals surface area contributed by atoms with E-state index in [9.17, 15) is 8.42 Å². The highest BCUT2D eigenvalue weighted by atomic mass is 32.2. The maximum atomic E-state index is 11.1. The Kier molecular flexibility index (Phi) is 3.88. The van der Waals surface area contributed by atoms with Crippen molar-refractivity contribution in [3.05, 3.63) is 41.5 Å². The summed E-state index contributed by atoms with van der Waals surface area (Å²) in [5, 5.41) is 0. The van der Waals surface area contributed by atoms with Gasteiger partial charge in [0.1, 0.15) is 0 Å². The van der Waals surface area contributed by atoms with E-state index in [1.807, 2.05) is 12.1 Å². The lowest BCUT2D eigenvalue weighted by molar-refractivity contribution is 0.202. The lowest BCUT2D eigenvalue weighted by Crippen LogP contribution is -2.19. The molecule has 0 radical (unpaired) electrons. The maximum Gasteiger partial charge on any atom is 0.264 e. The van der Waals surface area contributed by atoms with Crippen LogP contribution in [0.15, 0.2) is 30.3 Å². The van der Waals surface area contributed by atoms with Gasteiger partial charge in [-0.05, 0) is 42.9 Å². The number of rotatable bonds is 3. The van der Waals surface area contributed by atoms with Gasteiger partial charge in [-0.15, -0.1) is 0 Å². The highest BCUT2D eigenvalue weighted by Gasteiger charge is 2.20. The van der Waals surface area contributed by atoms with Crippen molar-refractivity contribution in [3.8, 4) is 0 Å². The van der Waals surface area contributed by atoms with Crippen molar-refractivity contribution in [1.29, 1.82) is 0 Å². The minimum Gasteiger partial charge on any atom is -0.267 e. The van der Waals surface area contributed by atoms with E-state index in [4.69, 9.17) is 4.18 Å². The van der Waals surface area contributed by atoms with E-state index < -0.39 is 10.1 Å². The van der Waals surface area contributed by atoms with Crippen molar-refractivity contribution in [2.75, 3.05) is 6.26 Å². The Morgan fingerprint density at radius 1 is 1.28 bits per heavy atom. The quantitative estimate of drug-likeness (QED) is 0.790. The second-order valence-electron chi connectivity index (χ2n) is 4.74. The van der Waals surface area contributed by atoms with Gasteiger partial charge in [-0.2, -0.15) is 8.42 Å². The molecule has 0 aromatic heterocycles. The number of hydrogen-bond donors (Lipinski definition) is 0. The zero-order chi connectivity index (χ0) is 13.2. The van der Waals surface area contributed by atoms with Crippen LogP contribution in [0.2, 0.25) is 0 Å². The first-order chi connectivity index (χ1) is 8.46. The molecular formula is C14H18O3S. The molecular weight excluding hydrogens is 248 g/mol. The van der Waals surface area contributed by atoms with Crippen LogP contribution < -0.4 is 0 Å². The van der Waals surface area contributed by atoms with Gasteiger partial charge in [0.25, 0.3) is 10.1 Å². The smallest absolute Gasteiger partial charge is 0.264 e. The predicted molar refractivity (Wildman–Crippen MR) is 72.7 cm³/mol. The molecule has 1 aliphatic rings. The standard InChI is InChI=1S/C14H18O3S/c1-11-5-3-4-6-14(11)12-7-9-13(10-8-12)17-18(2,15)16/h3-7,13H,8-10H2,1-2H3/t13-/m0/s1. The van der Waals surface area contributed by atoms with Crippen molar-refractivity contribution < 1.29 is 12.6 Å². The number of aryl methyl sites for hydroxylation is 1. The fraction of sp³-hybridized carbons (Fsp3) is 0.429. The average Bonchev–Trinajstić information content (AvgIpc) is 2.29. The molecule has 1 atom stereocenters. The highest BCUT2D eigenvalue weighted by molar-refractivity contribution is 7.86. The van der Waals surface area contributed by atoms with Crippen LogP contribution in [-0.2, 0) is 14.3 Å². The minimum atomic E-state index is -3.34. The zero-order valence-corrected chi connectivity index (χ0v) is 11.5. The molecule has 3 nitrogen and oxygen atoms in total. The fourth-order valence-corrected chi connectivity index (χ4v) is 2.99. The van der Waals surface area contributed by atoms with Crippen LogP contribution in [0.3, 0.4) is 0 Å². The summed E-state index contributed by atoms with van der Waals surface area (Å²) in [5.41, 5.74) is 3.81. The Bertz CT molecular complexity index is 558. The third-order valence-corrected chi connectivity index (χ3v) is 3.79. The molecule has 0 saturated carbocycles. The largest absolute Gasteiger partial charge is 0.267 e. The molecule has 4 heteroatoms. The summed E-state index contributed by atoms with van der Waals surface area (Å²) in [4.78, 5) is 0. The SMILES string of the molecule is Cc1ccccc1C1=CC[C@H](OS(C)(=O)=O)CC1. The normalized spacial score (nSPS) is 20.6. The molecule has 0 spiro atoms. The van der Waals surface area contributed by atoms with Gasteiger partial charge in [0.2, 0.25) is 0 Å². The molecule has 0 amide bonds. The van der Waals surface area contributed by atoms with E-state index >= 15 is 0 Å². The monoisotopic (exact) mass is 266 g/mol. The summed E-state index contributed by atoms with van der Waals surface area (Å²) in [6.07, 6.45) is 5.29. The van der Waals surface area contributed by atoms with Crippen LogP contribution in [0, 0.1) is 6.92 Å². The third-order valence-electron chi connectivity index (χ3n) is 3.16. The highest BCUT2D eigenvalue weighted by Crippen LogP contribution is 2.30. The first-order valence-electron chi connectivity index (χ1n) is 6.09.